The molecule has 1 aliphatic carbocycles. The van der Waals surface area contributed by atoms with Crippen LogP contribution in [-0.2, 0) is 12.8 Å². The summed E-state index contributed by atoms with van der Waals surface area (Å²) in [5.74, 6) is 0. The van der Waals surface area contributed by atoms with Crippen LogP contribution in [0.1, 0.15) is 17.0 Å². The number of nitrogens with two attached hydrogens (primary N) is 1. The summed E-state index contributed by atoms with van der Waals surface area (Å²) in [6.07, 6.45) is 5.18. The molecule has 76 valence electrons. The van der Waals surface area contributed by atoms with E-state index in [-0.39, 0.29) is 0 Å². The third kappa shape index (κ3) is 1.96. The lowest BCUT2D eigenvalue weighted by atomic mass is 9.98. The third-order valence-electron chi connectivity index (χ3n) is 2.51. The summed E-state index contributed by atoms with van der Waals surface area (Å²) in [4.78, 5) is 5.67. The van der Waals surface area contributed by atoms with E-state index in [0.29, 0.717) is 11.2 Å². The summed E-state index contributed by atoms with van der Waals surface area (Å²) in [5.41, 5.74) is 6.89. The minimum Gasteiger partial charge on any atom is -0.375 e. The fourth-order valence-electron chi connectivity index (χ4n) is 1.82. The van der Waals surface area contributed by atoms with Crippen molar-refractivity contribution in [3.63, 3.8) is 0 Å². The predicted molar refractivity (Wildman–Crippen MR) is 60.5 cm³/mol. The number of fused-ring (bicyclic) bond motifs is 1. The van der Waals surface area contributed by atoms with E-state index in [0.717, 1.165) is 25.8 Å². The Morgan fingerprint density at radius 3 is 3.36 bits per heavy atom. The molecule has 0 saturated heterocycles. The standard InChI is InChI=1S/C10H15N3S/c1-2-5-12-7-3-4-8-9(6-7)14-10(11)13-8/h2,7,12H,1,3-6H2,(H2,11,13)/t7-/m0/s1. The predicted octanol–water partition coefficient (Wildman–Crippen LogP) is 1.36. The zero-order valence-corrected chi connectivity index (χ0v) is 8.94. The molecular formula is C10H15N3S. The number of aryl methyl sites for hydroxylation is 1. The number of nitrogens with one attached hydrogen (secondary N) is 1. The summed E-state index contributed by atoms with van der Waals surface area (Å²) in [5, 5.41) is 4.15. The highest BCUT2D eigenvalue weighted by Gasteiger charge is 2.20. The first kappa shape index (κ1) is 9.68. The molecule has 4 heteroatoms. The molecule has 14 heavy (non-hydrogen) atoms. The highest BCUT2D eigenvalue weighted by molar-refractivity contribution is 7.15. The summed E-state index contributed by atoms with van der Waals surface area (Å²) < 4.78 is 0. The van der Waals surface area contributed by atoms with Gasteiger partial charge < -0.3 is 11.1 Å². The number of aromatic nitrogens is 1. The fraction of sp³-hybridized carbons (Fsp3) is 0.500. The van der Waals surface area contributed by atoms with Gasteiger partial charge in [-0.05, 0) is 19.3 Å². The number of nitrogen functional groups attached to an aromatic ring is 1. The Hall–Kier alpha value is -0.870. The van der Waals surface area contributed by atoms with Gasteiger partial charge in [0.1, 0.15) is 0 Å². The van der Waals surface area contributed by atoms with Crippen LogP contribution in [0.25, 0.3) is 0 Å². The summed E-state index contributed by atoms with van der Waals surface area (Å²) in [6.45, 7) is 4.58. The molecular weight excluding hydrogens is 194 g/mol. The molecule has 0 spiro atoms. The second-order valence-corrected chi connectivity index (χ2v) is 4.67. The molecule has 1 aromatic heterocycles. The summed E-state index contributed by atoms with van der Waals surface area (Å²) >= 11 is 1.63. The number of rotatable bonds is 3. The lowest BCUT2D eigenvalue weighted by molar-refractivity contribution is 0.480. The fourth-order valence-corrected chi connectivity index (χ4v) is 2.78. The van der Waals surface area contributed by atoms with Crippen molar-refractivity contribution in [1.82, 2.24) is 10.3 Å². The highest BCUT2D eigenvalue weighted by atomic mass is 32.1. The molecule has 0 fully saturated rings. The van der Waals surface area contributed by atoms with Crippen LogP contribution >= 0.6 is 11.3 Å². The second-order valence-electron chi connectivity index (χ2n) is 3.56. The van der Waals surface area contributed by atoms with Gasteiger partial charge in [0.25, 0.3) is 0 Å². The quantitative estimate of drug-likeness (QED) is 0.739. The maximum Gasteiger partial charge on any atom is 0.180 e. The maximum atomic E-state index is 5.67. The molecule has 0 radical (unpaired) electrons. The molecule has 0 aromatic carbocycles. The largest absolute Gasteiger partial charge is 0.375 e. The van der Waals surface area contributed by atoms with Crippen molar-refractivity contribution in [2.45, 2.75) is 25.3 Å². The molecule has 1 aliphatic rings. The van der Waals surface area contributed by atoms with Gasteiger partial charge in [0.15, 0.2) is 5.13 Å². The summed E-state index contributed by atoms with van der Waals surface area (Å²) in [7, 11) is 0. The first-order valence-electron chi connectivity index (χ1n) is 4.88. The molecule has 0 saturated carbocycles. The van der Waals surface area contributed by atoms with Crippen LogP contribution in [-0.4, -0.2) is 17.6 Å². The van der Waals surface area contributed by atoms with E-state index >= 15 is 0 Å². The zero-order valence-electron chi connectivity index (χ0n) is 8.12. The number of hydrogen-bond acceptors (Lipinski definition) is 4. The van der Waals surface area contributed by atoms with Crippen molar-refractivity contribution in [3.05, 3.63) is 23.2 Å². The van der Waals surface area contributed by atoms with Crippen LogP contribution in [0.15, 0.2) is 12.7 Å². The number of thiazole rings is 1. The third-order valence-corrected chi connectivity index (χ3v) is 3.46. The molecule has 0 bridgehead atoms. The molecule has 3 N–H and O–H groups in total. The number of nitrogens with zero attached hydrogens (tertiary/aromatic N) is 1. The van der Waals surface area contributed by atoms with Crippen molar-refractivity contribution < 1.29 is 0 Å². The van der Waals surface area contributed by atoms with E-state index in [1.807, 2.05) is 6.08 Å². The Morgan fingerprint density at radius 2 is 2.57 bits per heavy atom. The Morgan fingerprint density at radius 1 is 1.71 bits per heavy atom. The van der Waals surface area contributed by atoms with Crippen LogP contribution in [0, 0.1) is 0 Å². The molecule has 0 unspecified atom stereocenters. The van der Waals surface area contributed by atoms with Crippen molar-refractivity contribution >= 4 is 16.5 Å². The summed E-state index contributed by atoms with van der Waals surface area (Å²) in [6, 6.07) is 0.570. The van der Waals surface area contributed by atoms with Crippen molar-refractivity contribution in [1.29, 1.82) is 0 Å². The molecule has 0 aliphatic heterocycles. The van der Waals surface area contributed by atoms with Gasteiger partial charge >= 0.3 is 0 Å². The van der Waals surface area contributed by atoms with Gasteiger partial charge in [-0.1, -0.05) is 6.08 Å². The smallest absolute Gasteiger partial charge is 0.180 e. The second kappa shape index (κ2) is 4.11. The molecule has 1 heterocycles. The van der Waals surface area contributed by atoms with Gasteiger partial charge in [0.05, 0.1) is 5.69 Å². The normalized spacial score (nSPS) is 20.4. The van der Waals surface area contributed by atoms with Gasteiger partial charge in [-0.3, -0.25) is 0 Å². The van der Waals surface area contributed by atoms with E-state index in [2.05, 4.69) is 16.9 Å². The zero-order chi connectivity index (χ0) is 9.97. The molecule has 3 nitrogen and oxygen atoms in total. The van der Waals surface area contributed by atoms with Crippen LogP contribution in [0.3, 0.4) is 0 Å². The maximum absolute atomic E-state index is 5.67. The number of hydrogen-bond donors (Lipinski definition) is 2. The van der Waals surface area contributed by atoms with E-state index in [1.165, 1.54) is 10.6 Å². The number of anilines is 1. The Kier molecular flexibility index (Phi) is 2.84. The lowest BCUT2D eigenvalue weighted by Crippen LogP contribution is -2.34. The SMILES string of the molecule is C=CCN[C@H]1CCc2nc(N)sc2C1. The molecule has 0 amide bonds. The van der Waals surface area contributed by atoms with E-state index < -0.39 is 0 Å². The minimum atomic E-state index is 0.570. The minimum absolute atomic E-state index is 0.570. The lowest BCUT2D eigenvalue weighted by Gasteiger charge is -2.21. The monoisotopic (exact) mass is 209 g/mol. The Bertz CT molecular complexity index is 332. The average molecular weight is 209 g/mol. The first-order valence-corrected chi connectivity index (χ1v) is 5.69. The Balaban J connectivity index is 2.01. The van der Waals surface area contributed by atoms with E-state index in [1.54, 1.807) is 11.3 Å². The van der Waals surface area contributed by atoms with Crippen LogP contribution in [0.2, 0.25) is 0 Å². The van der Waals surface area contributed by atoms with Gasteiger partial charge in [0, 0.05) is 17.5 Å². The van der Waals surface area contributed by atoms with Crippen molar-refractivity contribution in [2.75, 3.05) is 12.3 Å². The van der Waals surface area contributed by atoms with Gasteiger partial charge in [-0.25, -0.2) is 4.98 Å². The van der Waals surface area contributed by atoms with Crippen molar-refractivity contribution in [3.8, 4) is 0 Å². The van der Waals surface area contributed by atoms with Gasteiger partial charge in [-0.15, -0.1) is 17.9 Å². The van der Waals surface area contributed by atoms with Crippen LogP contribution < -0.4 is 11.1 Å². The molecule has 1 atom stereocenters. The van der Waals surface area contributed by atoms with Gasteiger partial charge in [0.2, 0.25) is 0 Å². The van der Waals surface area contributed by atoms with Crippen LogP contribution in [0.4, 0.5) is 5.13 Å². The first-order chi connectivity index (χ1) is 6.79. The highest BCUT2D eigenvalue weighted by Crippen LogP contribution is 2.27. The van der Waals surface area contributed by atoms with Crippen LogP contribution in [0.5, 0.6) is 0 Å². The van der Waals surface area contributed by atoms with Crippen molar-refractivity contribution in [2.24, 2.45) is 0 Å². The Labute approximate surface area is 88.0 Å². The molecule has 1 aromatic rings. The topological polar surface area (TPSA) is 50.9 Å². The molecule has 2 rings (SSSR count). The van der Waals surface area contributed by atoms with Gasteiger partial charge in [-0.2, -0.15) is 0 Å². The van der Waals surface area contributed by atoms with E-state index in [9.17, 15) is 0 Å². The van der Waals surface area contributed by atoms with E-state index in [4.69, 9.17) is 5.73 Å². The average Bonchev–Trinajstić information content (AvgIpc) is 2.54.